The molecule has 0 N–H and O–H groups in total. The van der Waals surface area contributed by atoms with Gasteiger partial charge in [-0.1, -0.05) is 29.3 Å². The minimum absolute atomic E-state index is 0.0864. The predicted molar refractivity (Wildman–Crippen MR) is 85.1 cm³/mol. The molecule has 2 aromatic rings. The highest BCUT2D eigenvalue weighted by Gasteiger charge is 2.24. The highest BCUT2D eigenvalue weighted by Crippen LogP contribution is 2.34. The lowest BCUT2D eigenvalue weighted by Crippen LogP contribution is -2.26. The number of hydrogen-bond donors (Lipinski definition) is 0. The SMILES string of the molecule is CN(c1cccc(Cl)c1Cl)S(=O)(=O)c1ccc([N+](=O)[O-])cc1. The van der Waals surface area contributed by atoms with Crippen LogP contribution in [-0.4, -0.2) is 20.4 Å². The Labute approximate surface area is 137 Å². The van der Waals surface area contributed by atoms with Crippen molar-refractivity contribution in [3.8, 4) is 0 Å². The van der Waals surface area contributed by atoms with Crippen LogP contribution in [0.1, 0.15) is 0 Å². The van der Waals surface area contributed by atoms with E-state index in [2.05, 4.69) is 0 Å². The molecule has 0 unspecified atom stereocenters. The van der Waals surface area contributed by atoms with Gasteiger partial charge in [0, 0.05) is 19.2 Å². The Morgan fingerprint density at radius 3 is 2.23 bits per heavy atom. The van der Waals surface area contributed by atoms with Crippen LogP contribution < -0.4 is 4.31 Å². The monoisotopic (exact) mass is 360 g/mol. The van der Waals surface area contributed by atoms with E-state index in [9.17, 15) is 18.5 Å². The number of halogens is 2. The maximum Gasteiger partial charge on any atom is 0.269 e. The van der Waals surface area contributed by atoms with Crippen molar-refractivity contribution in [3.05, 3.63) is 62.6 Å². The molecule has 0 bridgehead atoms. The fourth-order valence-corrected chi connectivity index (χ4v) is 3.44. The van der Waals surface area contributed by atoms with Gasteiger partial charge in [-0.05, 0) is 24.3 Å². The summed E-state index contributed by atoms with van der Waals surface area (Å²) in [6.45, 7) is 0. The quantitative estimate of drug-likeness (QED) is 0.614. The van der Waals surface area contributed by atoms with Crippen molar-refractivity contribution in [2.24, 2.45) is 0 Å². The lowest BCUT2D eigenvalue weighted by atomic mass is 10.3. The van der Waals surface area contributed by atoms with Gasteiger partial charge in [0.05, 0.1) is 25.6 Å². The fourth-order valence-electron chi connectivity index (χ4n) is 1.76. The summed E-state index contributed by atoms with van der Waals surface area (Å²) in [6, 6.07) is 9.22. The van der Waals surface area contributed by atoms with Gasteiger partial charge in [-0.3, -0.25) is 14.4 Å². The number of nitro benzene ring substituents is 1. The van der Waals surface area contributed by atoms with E-state index < -0.39 is 14.9 Å². The molecule has 0 saturated heterocycles. The topological polar surface area (TPSA) is 80.5 Å². The van der Waals surface area contributed by atoms with Crippen molar-refractivity contribution in [3.63, 3.8) is 0 Å². The first-order valence-electron chi connectivity index (χ1n) is 5.92. The van der Waals surface area contributed by atoms with Crippen LogP contribution in [0.25, 0.3) is 0 Å². The highest BCUT2D eigenvalue weighted by molar-refractivity contribution is 7.92. The number of benzene rings is 2. The number of non-ortho nitro benzene ring substituents is 1. The van der Waals surface area contributed by atoms with Gasteiger partial charge >= 0.3 is 0 Å². The van der Waals surface area contributed by atoms with Crippen LogP contribution in [0, 0.1) is 10.1 Å². The molecule has 0 saturated carbocycles. The number of anilines is 1. The first kappa shape index (κ1) is 16.5. The number of sulfonamides is 1. The van der Waals surface area contributed by atoms with Crippen LogP contribution in [0.5, 0.6) is 0 Å². The largest absolute Gasteiger partial charge is 0.269 e. The molecule has 6 nitrogen and oxygen atoms in total. The van der Waals surface area contributed by atoms with E-state index >= 15 is 0 Å². The van der Waals surface area contributed by atoms with Gasteiger partial charge in [-0.15, -0.1) is 0 Å². The summed E-state index contributed by atoms with van der Waals surface area (Å²) in [5, 5.41) is 10.9. The first-order valence-corrected chi connectivity index (χ1v) is 8.12. The maximum atomic E-state index is 12.5. The maximum absolute atomic E-state index is 12.5. The Kier molecular flexibility index (Phi) is 4.60. The predicted octanol–water partition coefficient (Wildman–Crippen LogP) is 3.73. The zero-order chi connectivity index (χ0) is 16.5. The summed E-state index contributed by atoms with van der Waals surface area (Å²) in [4.78, 5) is 9.92. The molecular weight excluding hydrogens is 351 g/mol. The second-order valence-electron chi connectivity index (χ2n) is 4.30. The Bertz CT molecular complexity index is 822. The molecular formula is C13H10Cl2N2O4S. The lowest BCUT2D eigenvalue weighted by molar-refractivity contribution is -0.384. The molecule has 22 heavy (non-hydrogen) atoms. The third-order valence-electron chi connectivity index (χ3n) is 2.98. The van der Waals surface area contributed by atoms with Gasteiger partial charge < -0.3 is 0 Å². The van der Waals surface area contributed by atoms with Gasteiger partial charge in [0.15, 0.2) is 0 Å². The van der Waals surface area contributed by atoms with Gasteiger partial charge in [0.2, 0.25) is 0 Å². The van der Waals surface area contributed by atoms with Crippen LogP contribution in [0.4, 0.5) is 11.4 Å². The summed E-state index contributed by atoms with van der Waals surface area (Å²) >= 11 is 11.9. The third kappa shape index (κ3) is 3.01. The average Bonchev–Trinajstić information content (AvgIpc) is 2.49. The molecule has 2 aromatic carbocycles. The van der Waals surface area contributed by atoms with Crippen molar-refractivity contribution in [1.82, 2.24) is 0 Å². The second-order valence-corrected chi connectivity index (χ2v) is 7.05. The first-order chi connectivity index (χ1) is 10.2. The van der Waals surface area contributed by atoms with Gasteiger partial charge in [-0.2, -0.15) is 0 Å². The standard InChI is InChI=1S/C13H10Cl2N2O4S/c1-16(12-4-2-3-11(14)13(12)15)22(20,21)10-7-5-9(6-8-10)17(18)19/h2-8H,1H3. The van der Waals surface area contributed by atoms with Crippen molar-refractivity contribution in [1.29, 1.82) is 0 Å². The molecule has 0 spiro atoms. The molecule has 9 heteroatoms. The molecule has 0 heterocycles. The van der Waals surface area contributed by atoms with Crippen molar-refractivity contribution in [2.75, 3.05) is 11.4 Å². The van der Waals surface area contributed by atoms with E-state index in [1.807, 2.05) is 0 Å². The molecule has 0 atom stereocenters. The van der Waals surface area contributed by atoms with Gasteiger partial charge in [0.25, 0.3) is 15.7 Å². The molecule has 0 aromatic heterocycles. The van der Waals surface area contributed by atoms with E-state index in [4.69, 9.17) is 23.2 Å². The molecule has 0 aliphatic carbocycles. The number of nitrogens with zero attached hydrogens (tertiary/aromatic N) is 2. The number of nitro groups is 1. The molecule has 0 amide bonds. The number of hydrogen-bond acceptors (Lipinski definition) is 4. The summed E-state index contributed by atoms with van der Waals surface area (Å²) in [6.07, 6.45) is 0. The van der Waals surface area contributed by atoms with Crippen molar-refractivity contribution in [2.45, 2.75) is 4.90 Å². The summed E-state index contributed by atoms with van der Waals surface area (Å²) < 4.78 is 26.0. The summed E-state index contributed by atoms with van der Waals surface area (Å²) in [5.74, 6) is 0. The average molecular weight is 361 g/mol. The van der Waals surface area contributed by atoms with E-state index in [-0.39, 0.29) is 26.3 Å². The highest BCUT2D eigenvalue weighted by atomic mass is 35.5. The Hall–Kier alpha value is -1.83. The van der Waals surface area contributed by atoms with Gasteiger partial charge in [0.1, 0.15) is 0 Å². The van der Waals surface area contributed by atoms with E-state index in [0.717, 1.165) is 16.4 Å². The fraction of sp³-hybridized carbons (Fsp3) is 0.0769. The zero-order valence-corrected chi connectivity index (χ0v) is 13.6. The van der Waals surface area contributed by atoms with E-state index in [1.165, 1.54) is 25.2 Å². The lowest BCUT2D eigenvalue weighted by Gasteiger charge is -2.21. The molecule has 0 radical (unpaired) electrons. The molecule has 0 aliphatic rings. The zero-order valence-electron chi connectivity index (χ0n) is 11.2. The van der Waals surface area contributed by atoms with Crippen LogP contribution in [0.2, 0.25) is 10.0 Å². The summed E-state index contributed by atoms with van der Waals surface area (Å²) in [7, 11) is -2.58. The Morgan fingerprint density at radius 1 is 1.09 bits per heavy atom. The van der Waals surface area contributed by atoms with Crippen LogP contribution in [-0.2, 0) is 10.0 Å². The summed E-state index contributed by atoms with van der Waals surface area (Å²) in [5.41, 5.74) is 0.0231. The molecule has 2 rings (SSSR count). The smallest absolute Gasteiger partial charge is 0.268 e. The Morgan fingerprint density at radius 2 is 1.68 bits per heavy atom. The van der Waals surface area contributed by atoms with Crippen molar-refractivity contribution < 1.29 is 13.3 Å². The van der Waals surface area contributed by atoms with Crippen LogP contribution in [0.3, 0.4) is 0 Å². The third-order valence-corrected chi connectivity index (χ3v) is 5.57. The van der Waals surface area contributed by atoms with E-state index in [0.29, 0.717) is 0 Å². The van der Waals surface area contributed by atoms with Crippen LogP contribution in [0.15, 0.2) is 47.4 Å². The number of rotatable bonds is 4. The second kappa shape index (κ2) is 6.12. The Balaban J connectivity index is 2.45. The normalized spacial score (nSPS) is 11.2. The van der Waals surface area contributed by atoms with Gasteiger partial charge in [-0.25, -0.2) is 8.42 Å². The van der Waals surface area contributed by atoms with E-state index in [1.54, 1.807) is 12.1 Å². The molecule has 116 valence electrons. The minimum atomic E-state index is -3.91. The van der Waals surface area contributed by atoms with Crippen molar-refractivity contribution >= 4 is 44.6 Å². The van der Waals surface area contributed by atoms with Crippen LogP contribution >= 0.6 is 23.2 Å². The molecule has 0 aliphatic heterocycles. The molecule has 0 fully saturated rings. The minimum Gasteiger partial charge on any atom is -0.268 e.